The maximum absolute atomic E-state index is 12.5. The molecule has 0 aliphatic carbocycles. The Labute approximate surface area is 108 Å². The average molecular weight is 270 g/mol. The summed E-state index contributed by atoms with van der Waals surface area (Å²) < 4.78 is 38.9. The number of hydrogen-bond donors (Lipinski definition) is 0. The lowest BCUT2D eigenvalue weighted by molar-refractivity contribution is -0.137. The second-order valence-electron chi connectivity index (χ2n) is 4.33. The van der Waals surface area contributed by atoms with Gasteiger partial charge in [0.05, 0.1) is 5.56 Å². The Bertz CT molecular complexity index is 570. The highest BCUT2D eigenvalue weighted by molar-refractivity contribution is 5.57. The molecule has 0 saturated carbocycles. The van der Waals surface area contributed by atoms with Crippen molar-refractivity contribution in [2.75, 3.05) is 19.0 Å². The van der Waals surface area contributed by atoms with Crippen molar-refractivity contribution in [2.45, 2.75) is 6.18 Å². The van der Waals surface area contributed by atoms with Crippen LogP contribution in [0, 0.1) is 0 Å². The lowest BCUT2D eigenvalue weighted by Crippen LogP contribution is -2.14. The molecule has 1 heterocycles. The Balaban J connectivity index is 2.35. The van der Waals surface area contributed by atoms with E-state index in [1.165, 1.54) is 12.1 Å². The quantitative estimate of drug-likeness (QED) is 0.841. The van der Waals surface area contributed by atoms with Gasteiger partial charge in [0.15, 0.2) is 5.82 Å². The van der Waals surface area contributed by atoms with E-state index in [0.717, 1.165) is 12.1 Å². The molecule has 0 amide bonds. The number of alkyl halides is 3. The molecule has 1 aromatic carbocycles. The van der Waals surface area contributed by atoms with Gasteiger partial charge in [0.25, 0.3) is 0 Å². The van der Waals surface area contributed by atoms with Crippen LogP contribution in [0.2, 0.25) is 0 Å². The zero-order valence-electron chi connectivity index (χ0n) is 10.7. The van der Waals surface area contributed by atoms with Crippen molar-refractivity contribution in [1.82, 2.24) is 14.8 Å². The van der Waals surface area contributed by atoms with Crippen molar-refractivity contribution in [3.63, 3.8) is 0 Å². The molecule has 0 unspecified atom stereocenters. The second kappa shape index (κ2) is 4.56. The number of benzene rings is 1. The highest BCUT2D eigenvalue weighted by Gasteiger charge is 2.30. The van der Waals surface area contributed by atoms with E-state index in [1.807, 2.05) is 14.1 Å². The van der Waals surface area contributed by atoms with E-state index in [4.69, 9.17) is 0 Å². The van der Waals surface area contributed by atoms with Crippen LogP contribution in [0.3, 0.4) is 0 Å². The van der Waals surface area contributed by atoms with Crippen molar-refractivity contribution in [3.8, 4) is 11.4 Å². The summed E-state index contributed by atoms with van der Waals surface area (Å²) >= 11 is 0. The number of hydrogen-bond acceptors (Lipinski definition) is 3. The summed E-state index contributed by atoms with van der Waals surface area (Å²) in [7, 11) is 5.37. The molecule has 19 heavy (non-hydrogen) atoms. The van der Waals surface area contributed by atoms with Crippen LogP contribution in [0.25, 0.3) is 11.4 Å². The van der Waals surface area contributed by atoms with Crippen molar-refractivity contribution in [2.24, 2.45) is 7.05 Å². The van der Waals surface area contributed by atoms with Crippen LogP contribution in [0.4, 0.5) is 19.1 Å². The summed E-state index contributed by atoms with van der Waals surface area (Å²) in [5, 5.41) is 4.18. The van der Waals surface area contributed by atoms with Gasteiger partial charge in [0.1, 0.15) is 0 Å². The van der Waals surface area contributed by atoms with Crippen LogP contribution in [0.1, 0.15) is 5.56 Å². The Morgan fingerprint density at radius 3 is 2.11 bits per heavy atom. The predicted octanol–water partition coefficient (Wildman–Crippen LogP) is 2.57. The van der Waals surface area contributed by atoms with Gasteiger partial charge in [0.2, 0.25) is 5.95 Å². The maximum atomic E-state index is 12.5. The van der Waals surface area contributed by atoms with Gasteiger partial charge in [-0.05, 0) is 12.1 Å². The van der Waals surface area contributed by atoms with Gasteiger partial charge < -0.3 is 4.90 Å². The Hall–Kier alpha value is -2.05. The van der Waals surface area contributed by atoms with Crippen LogP contribution in [-0.2, 0) is 13.2 Å². The highest BCUT2D eigenvalue weighted by Crippen LogP contribution is 2.30. The van der Waals surface area contributed by atoms with E-state index >= 15 is 0 Å². The largest absolute Gasteiger partial charge is 0.416 e. The molecule has 0 radical (unpaired) electrons. The Morgan fingerprint density at radius 2 is 1.68 bits per heavy atom. The van der Waals surface area contributed by atoms with Crippen LogP contribution < -0.4 is 4.90 Å². The third kappa shape index (κ3) is 2.69. The normalized spacial score (nSPS) is 11.7. The minimum absolute atomic E-state index is 0.403. The fourth-order valence-electron chi connectivity index (χ4n) is 1.70. The van der Waals surface area contributed by atoms with E-state index in [9.17, 15) is 13.2 Å². The first-order valence-electron chi connectivity index (χ1n) is 5.55. The SMILES string of the molecule is CN(C)c1nc(-c2ccc(C(F)(F)F)cc2)nn1C. The lowest BCUT2D eigenvalue weighted by Gasteiger charge is -2.08. The van der Waals surface area contributed by atoms with Crippen LogP contribution in [-0.4, -0.2) is 28.9 Å². The molecular formula is C12H13F3N4. The molecule has 1 aromatic heterocycles. The Kier molecular flexibility index (Phi) is 3.21. The summed E-state index contributed by atoms with van der Waals surface area (Å²) in [6, 6.07) is 4.80. The van der Waals surface area contributed by atoms with Crippen LogP contribution in [0.5, 0.6) is 0 Å². The topological polar surface area (TPSA) is 34.0 Å². The smallest absolute Gasteiger partial charge is 0.347 e. The summed E-state index contributed by atoms with van der Waals surface area (Å²) in [5.74, 6) is 1.04. The molecule has 7 heteroatoms. The van der Waals surface area contributed by atoms with Gasteiger partial charge in [0, 0.05) is 26.7 Å². The molecule has 0 fully saturated rings. The van der Waals surface area contributed by atoms with E-state index in [1.54, 1.807) is 16.6 Å². The molecule has 0 aliphatic heterocycles. The van der Waals surface area contributed by atoms with Gasteiger partial charge in [-0.2, -0.15) is 18.2 Å². The first kappa shape index (κ1) is 13.4. The van der Waals surface area contributed by atoms with E-state index in [-0.39, 0.29) is 0 Å². The van der Waals surface area contributed by atoms with Gasteiger partial charge in [-0.25, -0.2) is 4.68 Å². The zero-order valence-corrected chi connectivity index (χ0v) is 10.7. The van der Waals surface area contributed by atoms with Crippen molar-refractivity contribution < 1.29 is 13.2 Å². The van der Waals surface area contributed by atoms with Crippen LogP contribution in [0.15, 0.2) is 24.3 Å². The monoisotopic (exact) mass is 270 g/mol. The molecule has 0 atom stereocenters. The molecule has 2 rings (SSSR count). The van der Waals surface area contributed by atoms with Gasteiger partial charge >= 0.3 is 6.18 Å². The highest BCUT2D eigenvalue weighted by atomic mass is 19.4. The maximum Gasteiger partial charge on any atom is 0.416 e. The number of rotatable bonds is 2. The fourth-order valence-corrected chi connectivity index (χ4v) is 1.70. The molecular weight excluding hydrogens is 257 g/mol. The summed E-state index contributed by atoms with van der Waals surface area (Å²) in [6.07, 6.45) is -4.33. The molecule has 0 N–H and O–H groups in total. The zero-order chi connectivity index (χ0) is 14.2. The van der Waals surface area contributed by atoms with Gasteiger partial charge in [-0.3, -0.25) is 0 Å². The number of halogens is 3. The van der Waals surface area contributed by atoms with E-state index in [2.05, 4.69) is 10.1 Å². The summed E-state index contributed by atoms with van der Waals surface area (Å²) in [6.45, 7) is 0. The number of nitrogens with zero attached hydrogens (tertiary/aromatic N) is 4. The lowest BCUT2D eigenvalue weighted by atomic mass is 10.1. The molecule has 0 spiro atoms. The molecule has 0 saturated heterocycles. The third-order valence-electron chi connectivity index (χ3n) is 2.61. The van der Waals surface area contributed by atoms with E-state index < -0.39 is 11.7 Å². The molecule has 4 nitrogen and oxygen atoms in total. The number of aromatic nitrogens is 3. The minimum Gasteiger partial charge on any atom is -0.347 e. The van der Waals surface area contributed by atoms with Crippen molar-refractivity contribution in [1.29, 1.82) is 0 Å². The fraction of sp³-hybridized carbons (Fsp3) is 0.333. The predicted molar refractivity (Wildman–Crippen MR) is 65.8 cm³/mol. The minimum atomic E-state index is -4.33. The van der Waals surface area contributed by atoms with Crippen molar-refractivity contribution in [3.05, 3.63) is 29.8 Å². The van der Waals surface area contributed by atoms with Crippen molar-refractivity contribution >= 4 is 5.95 Å². The first-order chi connectivity index (χ1) is 8.79. The van der Waals surface area contributed by atoms with Gasteiger partial charge in [-0.1, -0.05) is 12.1 Å². The summed E-state index contributed by atoms with van der Waals surface area (Å²) in [5.41, 5.74) is -0.128. The first-order valence-corrected chi connectivity index (χ1v) is 5.55. The van der Waals surface area contributed by atoms with Crippen LogP contribution >= 0.6 is 0 Å². The third-order valence-corrected chi connectivity index (χ3v) is 2.61. The molecule has 2 aromatic rings. The van der Waals surface area contributed by atoms with E-state index in [0.29, 0.717) is 17.3 Å². The number of anilines is 1. The standard InChI is InChI=1S/C12H13F3N4/c1-18(2)11-16-10(17-19(11)3)8-4-6-9(7-5-8)12(13,14)15/h4-7H,1-3H3. The molecule has 102 valence electrons. The Morgan fingerprint density at radius 1 is 1.11 bits per heavy atom. The average Bonchev–Trinajstić information content (AvgIpc) is 2.70. The van der Waals surface area contributed by atoms with Gasteiger partial charge in [-0.15, -0.1) is 5.10 Å². The number of aryl methyl sites for hydroxylation is 1. The summed E-state index contributed by atoms with van der Waals surface area (Å²) in [4.78, 5) is 6.05. The molecule has 0 bridgehead atoms. The second-order valence-corrected chi connectivity index (χ2v) is 4.33. The molecule has 0 aliphatic rings.